The zero-order valence-electron chi connectivity index (χ0n) is 11.6. The Labute approximate surface area is 130 Å². The summed E-state index contributed by atoms with van der Waals surface area (Å²) in [5.41, 5.74) is 0.483. The van der Waals surface area contributed by atoms with Gasteiger partial charge in [-0.25, -0.2) is 0 Å². The van der Waals surface area contributed by atoms with Crippen LogP contribution in [0.5, 0.6) is 0 Å². The van der Waals surface area contributed by atoms with E-state index in [2.05, 4.69) is 17.6 Å². The van der Waals surface area contributed by atoms with Crippen LogP contribution >= 0.6 is 23.2 Å². The summed E-state index contributed by atoms with van der Waals surface area (Å²) in [5.74, 6) is 1.39. The van der Waals surface area contributed by atoms with Crippen molar-refractivity contribution in [3.05, 3.63) is 28.2 Å². The van der Waals surface area contributed by atoms with Crippen molar-refractivity contribution in [3.63, 3.8) is 0 Å². The molecule has 0 aromatic heterocycles. The van der Waals surface area contributed by atoms with E-state index in [1.54, 1.807) is 18.2 Å². The van der Waals surface area contributed by atoms with Gasteiger partial charge in [-0.3, -0.25) is 4.79 Å². The molecule has 0 bridgehead atoms. The molecular formula is C15H20Cl2N2O. The van der Waals surface area contributed by atoms with Gasteiger partial charge >= 0.3 is 0 Å². The van der Waals surface area contributed by atoms with Crippen LogP contribution in [0.15, 0.2) is 18.2 Å². The van der Waals surface area contributed by atoms with Gasteiger partial charge in [0.25, 0.3) is 0 Å². The molecule has 1 amide bonds. The van der Waals surface area contributed by atoms with Crippen LogP contribution < -0.4 is 10.6 Å². The molecule has 1 aliphatic carbocycles. The van der Waals surface area contributed by atoms with Crippen molar-refractivity contribution in [3.8, 4) is 0 Å². The number of benzene rings is 1. The predicted molar refractivity (Wildman–Crippen MR) is 84.5 cm³/mol. The highest BCUT2D eigenvalue weighted by Crippen LogP contribution is 2.30. The molecule has 2 rings (SSSR count). The van der Waals surface area contributed by atoms with Crippen molar-refractivity contribution < 1.29 is 4.79 Å². The molecule has 1 fully saturated rings. The van der Waals surface area contributed by atoms with Crippen LogP contribution in [0.25, 0.3) is 0 Å². The molecule has 5 heteroatoms. The van der Waals surface area contributed by atoms with Crippen molar-refractivity contribution in [2.45, 2.75) is 26.2 Å². The Morgan fingerprint density at radius 2 is 2.00 bits per heavy atom. The van der Waals surface area contributed by atoms with E-state index >= 15 is 0 Å². The molecule has 110 valence electrons. The lowest BCUT2D eigenvalue weighted by atomic mass is 10.1. The highest BCUT2D eigenvalue weighted by molar-refractivity contribution is 6.39. The first-order chi connectivity index (χ1) is 9.56. The summed E-state index contributed by atoms with van der Waals surface area (Å²) in [7, 11) is 0. The highest BCUT2D eigenvalue weighted by atomic mass is 35.5. The maximum absolute atomic E-state index is 11.9. The summed E-state index contributed by atoms with van der Waals surface area (Å²) in [6, 6.07) is 5.16. The van der Waals surface area contributed by atoms with Crippen molar-refractivity contribution in [1.82, 2.24) is 5.32 Å². The third-order valence-corrected chi connectivity index (χ3v) is 4.38. The largest absolute Gasteiger partial charge is 0.322 e. The van der Waals surface area contributed by atoms with E-state index in [0.717, 1.165) is 12.5 Å². The predicted octanol–water partition coefficient (Wildman–Crippen LogP) is 3.96. The van der Waals surface area contributed by atoms with Gasteiger partial charge in [-0.1, -0.05) is 42.6 Å². The molecule has 0 radical (unpaired) electrons. The molecular weight excluding hydrogens is 295 g/mol. The Morgan fingerprint density at radius 1 is 1.30 bits per heavy atom. The van der Waals surface area contributed by atoms with Crippen LogP contribution in [0.2, 0.25) is 10.0 Å². The molecule has 2 unspecified atom stereocenters. The number of carbonyl (C=O) groups excluding carboxylic acids is 1. The van der Waals surface area contributed by atoms with Gasteiger partial charge in [-0.05, 0) is 43.4 Å². The fraction of sp³-hybridized carbons (Fsp3) is 0.533. The Kier molecular flexibility index (Phi) is 5.70. The number of hydrogen-bond acceptors (Lipinski definition) is 2. The monoisotopic (exact) mass is 314 g/mol. The van der Waals surface area contributed by atoms with Crippen LogP contribution in [0.3, 0.4) is 0 Å². The second kappa shape index (κ2) is 7.30. The molecule has 1 aromatic rings. The van der Waals surface area contributed by atoms with Gasteiger partial charge in [0.1, 0.15) is 0 Å². The van der Waals surface area contributed by atoms with Gasteiger partial charge in [0.2, 0.25) is 5.91 Å². The lowest BCUT2D eigenvalue weighted by molar-refractivity contribution is -0.115. The number of halogens is 2. The lowest BCUT2D eigenvalue weighted by Crippen LogP contribution is -2.31. The normalized spacial score (nSPS) is 21.9. The molecule has 2 atom stereocenters. The highest BCUT2D eigenvalue weighted by Gasteiger charge is 2.20. The molecule has 3 nitrogen and oxygen atoms in total. The third kappa shape index (κ3) is 4.37. The van der Waals surface area contributed by atoms with E-state index in [9.17, 15) is 4.79 Å². The number of nitrogens with one attached hydrogen (secondary N) is 2. The van der Waals surface area contributed by atoms with Crippen LogP contribution in [0.4, 0.5) is 5.69 Å². The van der Waals surface area contributed by atoms with E-state index in [0.29, 0.717) is 21.7 Å². The van der Waals surface area contributed by atoms with Crippen LogP contribution in [0.1, 0.15) is 26.2 Å². The third-order valence-electron chi connectivity index (χ3n) is 3.75. The minimum Gasteiger partial charge on any atom is -0.322 e. The van der Waals surface area contributed by atoms with Crippen molar-refractivity contribution >= 4 is 34.8 Å². The SMILES string of the molecule is CC1CCC(CNCC(=O)Nc2c(Cl)cccc2Cl)C1. The van der Waals surface area contributed by atoms with Crippen molar-refractivity contribution in [1.29, 1.82) is 0 Å². The van der Waals surface area contributed by atoms with E-state index in [4.69, 9.17) is 23.2 Å². The Balaban J connectivity index is 1.75. The standard InChI is InChI=1S/C15H20Cl2N2O/c1-10-5-6-11(7-10)8-18-9-14(20)19-15-12(16)3-2-4-13(15)17/h2-4,10-11,18H,5-9H2,1H3,(H,19,20). The summed E-state index contributed by atoms with van der Waals surface area (Å²) >= 11 is 12.0. The molecule has 0 aliphatic heterocycles. The van der Waals surface area contributed by atoms with Gasteiger partial charge in [-0.2, -0.15) is 0 Å². The fourth-order valence-electron chi connectivity index (χ4n) is 2.70. The number of rotatable bonds is 5. The molecule has 0 saturated heterocycles. The fourth-order valence-corrected chi connectivity index (χ4v) is 3.19. The molecule has 2 N–H and O–H groups in total. The maximum Gasteiger partial charge on any atom is 0.238 e. The average Bonchev–Trinajstić information content (AvgIpc) is 2.80. The van der Waals surface area contributed by atoms with Gasteiger partial charge < -0.3 is 10.6 Å². The van der Waals surface area contributed by atoms with Gasteiger partial charge in [0.15, 0.2) is 0 Å². The van der Waals surface area contributed by atoms with Gasteiger partial charge in [0, 0.05) is 0 Å². The quantitative estimate of drug-likeness (QED) is 0.863. The molecule has 1 aliphatic rings. The molecule has 0 spiro atoms. The maximum atomic E-state index is 11.9. The second-order valence-corrected chi connectivity index (χ2v) is 6.37. The summed E-state index contributed by atoms with van der Waals surface area (Å²) in [6.45, 7) is 3.46. The summed E-state index contributed by atoms with van der Waals surface area (Å²) in [4.78, 5) is 11.9. The van der Waals surface area contributed by atoms with E-state index in [1.165, 1.54) is 19.3 Å². The van der Waals surface area contributed by atoms with Crippen LogP contribution in [0, 0.1) is 11.8 Å². The number of anilines is 1. The summed E-state index contributed by atoms with van der Waals surface area (Å²) in [6.07, 6.45) is 3.81. The van der Waals surface area contributed by atoms with Gasteiger partial charge in [-0.15, -0.1) is 0 Å². The number of para-hydroxylation sites is 1. The zero-order valence-corrected chi connectivity index (χ0v) is 13.1. The number of carbonyl (C=O) groups is 1. The summed E-state index contributed by atoms with van der Waals surface area (Å²) < 4.78 is 0. The lowest BCUT2D eigenvalue weighted by Gasteiger charge is -2.12. The first-order valence-corrected chi connectivity index (χ1v) is 7.76. The minimum atomic E-state index is -0.119. The average molecular weight is 315 g/mol. The van der Waals surface area contributed by atoms with E-state index in [1.807, 2.05) is 0 Å². The minimum absolute atomic E-state index is 0.119. The number of hydrogen-bond donors (Lipinski definition) is 2. The van der Waals surface area contributed by atoms with Crippen LogP contribution in [-0.4, -0.2) is 19.0 Å². The van der Waals surface area contributed by atoms with E-state index < -0.39 is 0 Å². The molecule has 1 aromatic carbocycles. The molecule has 0 heterocycles. The summed E-state index contributed by atoms with van der Waals surface area (Å²) in [5, 5.41) is 6.86. The zero-order chi connectivity index (χ0) is 14.5. The van der Waals surface area contributed by atoms with E-state index in [-0.39, 0.29) is 12.5 Å². The van der Waals surface area contributed by atoms with Crippen molar-refractivity contribution in [2.75, 3.05) is 18.4 Å². The van der Waals surface area contributed by atoms with Crippen LogP contribution in [-0.2, 0) is 4.79 Å². The molecule has 1 saturated carbocycles. The first kappa shape index (κ1) is 15.6. The first-order valence-electron chi connectivity index (χ1n) is 7.01. The Hall–Kier alpha value is -0.770. The van der Waals surface area contributed by atoms with Crippen molar-refractivity contribution in [2.24, 2.45) is 11.8 Å². The molecule has 20 heavy (non-hydrogen) atoms. The Morgan fingerprint density at radius 3 is 2.60 bits per heavy atom. The van der Waals surface area contributed by atoms with Gasteiger partial charge in [0.05, 0.1) is 22.3 Å². The number of amides is 1. The second-order valence-electron chi connectivity index (χ2n) is 5.56. The smallest absolute Gasteiger partial charge is 0.238 e. The topological polar surface area (TPSA) is 41.1 Å². The Bertz CT molecular complexity index is 459.